The van der Waals surface area contributed by atoms with Gasteiger partial charge in [0.05, 0.1) is 6.61 Å². The van der Waals surface area contributed by atoms with Crippen LogP contribution in [-0.4, -0.2) is 44.8 Å². The summed E-state index contributed by atoms with van der Waals surface area (Å²) in [5, 5.41) is 0. The van der Waals surface area contributed by atoms with Crippen molar-refractivity contribution in [2.75, 3.05) is 39.9 Å². The van der Waals surface area contributed by atoms with Crippen LogP contribution in [0.2, 0.25) is 0 Å². The minimum absolute atomic E-state index is 0.812. The van der Waals surface area contributed by atoms with Crippen molar-refractivity contribution in [1.29, 1.82) is 0 Å². The predicted molar refractivity (Wildman–Crippen MR) is 59.3 cm³/mol. The van der Waals surface area contributed by atoms with Crippen molar-refractivity contribution < 1.29 is 4.74 Å². The van der Waals surface area contributed by atoms with Gasteiger partial charge in [0.1, 0.15) is 0 Å². The number of unbranched alkanes of at least 4 members (excludes halogenated alkanes) is 1. The Morgan fingerprint density at radius 1 is 1.29 bits per heavy atom. The normalized spacial score (nSPS) is 16.5. The number of nitrogens with zero attached hydrogens (tertiary/aromatic N) is 1. The molecule has 0 atom stereocenters. The van der Waals surface area contributed by atoms with Crippen molar-refractivity contribution >= 4 is 0 Å². The molecule has 0 radical (unpaired) electrons. The lowest BCUT2D eigenvalue weighted by Crippen LogP contribution is -2.25. The predicted octanol–water partition coefficient (Wildman–Crippen LogP) is 1.08. The highest BCUT2D eigenvalue weighted by Crippen LogP contribution is 2.28. The minimum atomic E-state index is 0.812. The maximum absolute atomic E-state index is 5.57. The van der Waals surface area contributed by atoms with Crippen LogP contribution >= 0.6 is 0 Å². The van der Waals surface area contributed by atoms with Gasteiger partial charge in [-0.05, 0) is 51.7 Å². The minimum Gasteiger partial charge on any atom is -0.380 e. The highest BCUT2D eigenvalue weighted by Gasteiger charge is 2.20. The summed E-state index contributed by atoms with van der Waals surface area (Å²) in [6.07, 6.45) is 5.10. The highest BCUT2D eigenvalue weighted by atomic mass is 16.5. The molecule has 0 aromatic rings. The topological polar surface area (TPSA) is 38.5 Å². The van der Waals surface area contributed by atoms with Gasteiger partial charge in [-0.15, -0.1) is 0 Å². The summed E-state index contributed by atoms with van der Waals surface area (Å²) in [7, 11) is 2.15. The maximum Gasteiger partial charge on any atom is 0.0593 e. The Morgan fingerprint density at radius 2 is 2.07 bits per heavy atom. The van der Waals surface area contributed by atoms with Gasteiger partial charge in [0, 0.05) is 13.2 Å². The van der Waals surface area contributed by atoms with Crippen LogP contribution in [0.1, 0.15) is 25.7 Å². The van der Waals surface area contributed by atoms with Gasteiger partial charge < -0.3 is 15.4 Å². The fraction of sp³-hybridized carbons (Fsp3) is 1.00. The van der Waals surface area contributed by atoms with Crippen LogP contribution in [0.5, 0.6) is 0 Å². The van der Waals surface area contributed by atoms with Gasteiger partial charge in [0.25, 0.3) is 0 Å². The second-order valence-corrected chi connectivity index (χ2v) is 4.32. The highest BCUT2D eigenvalue weighted by molar-refractivity contribution is 4.71. The van der Waals surface area contributed by atoms with Crippen LogP contribution in [0.4, 0.5) is 0 Å². The van der Waals surface area contributed by atoms with Crippen molar-refractivity contribution in [3.05, 3.63) is 0 Å². The van der Waals surface area contributed by atoms with Crippen LogP contribution in [-0.2, 0) is 4.74 Å². The van der Waals surface area contributed by atoms with Crippen LogP contribution in [0.15, 0.2) is 0 Å². The molecule has 0 aromatic heterocycles. The standard InChI is InChI=1S/C11H24N2O/c1-13(7-3-2-6-12)8-9-14-10-11-4-5-11/h11H,2-10,12H2,1H3. The number of hydrogen-bond donors (Lipinski definition) is 1. The van der Waals surface area contributed by atoms with Crippen LogP contribution in [0, 0.1) is 5.92 Å². The van der Waals surface area contributed by atoms with Crippen molar-refractivity contribution in [3.63, 3.8) is 0 Å². The third-order valence-corrected chi connectivity index (χ3v) is 2.66. The van der Waals surface area contributed by atoms with E-state index in [0.29, 0.717) is 0 Å². The Labute approximate surface area is 87.6 Å². The fourth-order valence-corrected chi connectivity index (χ4v) is 1.39. The van der Waals surface area contributed by atoms with Crippen LogP contribution in [0.25, 0.3) is 0 Å². The molecule has 0 aliphatic heterocycles. The largest absolute Gasteiger partial charge is 0.380 e. The third-order valence-electron chi connectivity index (χ3n) is 2.66. The molecule has 0 unspecified atom stereocenters. The van der Waals surface area contributed by atoms with Gasteiger partial charge in [-0.2, -0.15) is 0 Å². The molecule has 3 nitrogen and oxygen atoms in total. The molecule has 84 valence electrons. The molecule has 0 saturated heterocycles. The second-order valence-electron chi connectivity index (χ2n) is 4.32. The zero-order valence-electron chi connectivity index (χ0n) is 9.37. The van der Waals surface area contributed by atoms with Gasteiger partial charge in [0.15, 0.2) is 0 Å². The molecule has 1 saturated carbocycles. The molecule has 0 aromatic carbocycles. The van der Waals surface area contributed by atoms with E-state index in [1.807, 2.05) is 0 Å². The van der Waals surface area contributed by atoms with E-state index in [2.05, 4.69) is 11.9 Å². The molecular weight excluding hydrogens is 176 g/mol. The number of nitrogens with two attached hydrogens (primary N) is 1. The third kappa shape index (κ3) is 6.35. The lowest BCUT2D eigenvalue weighted by atomic mass is 10.3. The summed E-state index contributed by atoms with van der Waals surface area (Å²) in [4.78, 5) is 2.32. The van der Waals surface area contributed by atoms with Gasteiger partial charge in [-0.1, -0.05) is 0 Å². The van der Waals surface area contributed by atoms with Gasteiger partial charge in [-0.3, -0.25) is 0 Å². The first-order chi connectivity index (χ1) is 6.83. The first kappa shape index (κ1) is 12.0. The maximum atomic E-state index is 5.57. The van der Waals surface area contributed by atoms with Gasteiger partial charge in [0.2, 0.25) is 0 Å². The molecule has 3 heteroatoms. The lowest BCUT2D eigenvalue weighted by Gasteiger charge is -2.16. The van der Waals surface area contributed by atoms with E-state index < -0.39 is 0 Å². The SMILES string of the molecule is CN(CCCCN)CCOCC1CC1. The number of likely N-dealkylation sites (N-methyl/N-ethyl adjacent to an activating group) is 1. The Bertz CT molecular complexity index is 137. The number of rotatable bonds is 9. The molecule has 1 fully saturated rings. The summed E-state index contributed by atoms with van der Waals surface area (Å²) in [6, 6.07) is 0. The summed E-state index contributed by atoms with van der Waals surface area (Å²) in [5.41, 5.74) is 5.43. The molecule has 0 amide bonds. The van der Waals surface area contributed by atoms with E-state index in [9.17, 15) is 0 Å². The average molecular weight is 200 g/mol. The summed E-state index contributed by atoms with van der Waals surface area (Å²) in [5.74, 6) is 0.887. The van der Waals surface area contributed by atoms with Crippen molar-refractivity contribution in [3.8, 4) is 0 Å². The molecular formula is C11H24N2O. The fourth-order valence-electron chi connectivity index (χ4n) is 1.39. The number of ether oxygens (including phenoxy) is 1. The van der Waals surface area contributed by atoms with E-state index in [0.717, 1.165) is 45.2 Å². The molecule has 0 heterocycles. The zero-order chi connectivity index (χ0) is 10.2. The van der Waals surface area contributed by atoms with E-state index >= 15 is 0 Å². The Hall–Kier alpha value is -0.120. The lowest BCUT2D eigenvalue weighted by molar-refractivity contribution is 0.103. The smallest absolute Gasteiger partial charge is 0.0593 e. The Morgan fingerprint density at radius 3 is 2.71 bits per heavy atom. The Kier molecular flexibility index (Phi) is 6.15. The van der Waals surface area contributed by atoms with E-state index in [4.69, 9.17) is 10.5 Å². The molecule has 14 heavy (non-hydrogen) atoms. The van der Waals surface area contributed by atoms with E-state index in [1.165, 1.54) is 19.3 Å². The molecule has 1 rings (SSSR count). The van der Waals surface area contributed by atoms with Gasteiger partial charge >= 0.3 is 0 Å². The summed E-state index contributed by atoms with van der Waals surface area (Å²) in [6.45, 7) is 4.87. The molecule has 0 bridgehead atoms. The quantitative estimate of drug-likeness (QED) is 0.566. The molecule has 2 N–H and O–H groups in total. The molecule has 0 spiro atoms. The first-order valence-corrected chi connectivity index (χ1v) is 5.79. The summed E-state index contributed by atoms with van der Waals surface area (Å²) < 4.78 is 5.57. The van der Waals surface area contributed by atoms with E-state index in [-0.39, 0.29) is 0 Å². The zero-order valence-corrected chi connectivity index (χ0v) is 9.37. The second kappa shape index (κ2) is 7.21. The molecule has 1 aliphatic rings. The van der Waals surface area contributed by atoms with Crippen molar-refractivity contribution in [1.82, 2.24) is 4.90 Å². The van der Waals surface area contributed by atoms with E-state index in [1.54, 1.807) is 0 Å². The number of hydrogen-bond acceptors (Lipinski definition) is 3. The average Bonchev–Trinajstić information content (AvgIpc) is 2.97. The van der Waals surface area contributed by atoms with Crippen molar-refractivity contribution in [2.24, 2.45) is 11.7 Å². The Balaban J connectivity index is 1.78. The monoisotopic (exact) mass is 200 g/mol. The van der Waals surface area contributed by atoms with Gasteiger partial charge in [-0.25, -0.2) is 0 Å². The molecule has 1 aliphatic carbocycles. The first-order valence-electron chi connectivity index (χ1n) is 5.79. The van der Waals surface area contributed by atoms with Crippen LogP contribution < -0.4 is 5.73 Å². The van der Waals surface area contributed by atoms with Crippen LogP contribution in [0.3, 0.4) is 0 Å². The van der Waals surface area contributed by atoms with Crippen molar-refractivity contribution in [2.45, 2.75) is 25.7 Å². The summed E-state index contributed by atoms with van der Waals surface area (Å²) >= 11 is 0.